The first kappa shape index (κ1) is 30.5. The lowest BCUT2D eigenvalue weighted by Gasteiger charge is -2.34. The number of hydrogen-bond acceptors (Lipinski definition) is 6. The summed E-state index contributed by atoms with van der Waals surface area (Å²) in [5.74, 6) is 0.990. The maximum absolute atomic E-state index is 12.2. The number of phenolic OH excluding ortho intramolecular Hbond substituents is 2. The van der Waals surface area contributed by atoms with Crippen LogP contribution in [0.25, 0.3) is 22.3 Å². The quantitative estimate of drug-likeness (QED) is 0.144. The van der Waals surface area contributed by atoms with Gasteiger partial charge in [0.25, 0.3) is 0 Å². The molecule has 0 bridgehead atoms. The maximum atomic E-state index is 12.2. The SMILES string of the molecule is CC1=C(C2=NC(c3ccc(-c4ccccc4)cc3)N=C(c3ccccc3)N2)C(O)=C2Cc3c(O)c(O)c(-c4ccccc4)c(C)c3C2C1C. The van der Waals surface area contributed by atoms with Crippen molar-refractivity contribution in [3.63, 3.8) is 0 Å². The van der Waals surface area contributed by atoms with Crippen LogP contribution in [0.2, 0.25) is 0 Å². The highest BCUT2D eigenvalue weighted by molar-refractivity contribution is 6.17. The number of allylic oxidation sites excluding steroid dienone is 2. The Morgan fingerprint density at radius 1 is 0.633 bits per heavy atom. The zero-order valence-electron chi connectivity index (χ0n) is 27.6. The number of fused-ring (bicyclic) bond motifs is 3. The van der Waals surface area contributed by atoms with Gasteiger partial charge >= 0.3 is 0 Å². The van der Waals surface area contributed by atoms with E-state index in [4.69, 9.17) is 9.98 Å². The van der Waals surface area contributed by atoms with Gasteiger partial charge in [-0.3, -0.25) is 0 Å². The molecule has 6 heteroatoms. The molecule has 4 N–H and O–H groups in total. The van der Waals surface area contributed by atoms with Crippen LogP contribution in [0.1, 0.15) is 53.7 Å². The molecule has 0 saturated heterocycles. The van der Waals surface area contributed by atoms with E-state index in [1.165, 1.54) is 0 Å². The lowest BCUT2D eigenvalue weighted by atomic mass is 9.73. The molecule has 8 rings (SSSR count). The van der Waals surface area contributed by atoms with Crippen LogP contribution in [-0.4, -0.2) is 27.0 Å². The Morgan fingerprint density at radius 2 is 1.18 bits per heavy atom. The van der Waals surface area contributed by atoms with Crippen molar-refractivity contribution in [1.82, 2.24) is 5.32 Å². The first-order chi connectivity index (χ1) is 23.8. The second-order valence-electron chi connectivity index (χ2n) is 13.1. The fourth-order valence-corrected chi connectivity index (χ4v) is 7.81. The molecule has 1 heterocycles. The first-order valence-corrected chi connectivity index (χ1v) is 16.7. The number of aromatic hydroxyl groups is 2. The molecule has 0 fully saturated rings. The predicted octanol–water partition coefficient (Wildman–Crippen LogP) is 9.31. The Bertz CT molecular complexity index is 2220. The molecular weight excluding hydrogens is 606 g/mol. The number of aliphatic hydroxyl groups excluding tert-OH is 1. The molecule has 242 valence electrons. The highest BCUT2D eigenvalue weighted by Crippen LogP contribution is 2.57. The molecule has 5 aromatic rings. The number of nitrogens with zero attached hydrogens (tertiary/aromatic N) is 2. The minimum Gasteiger partial charge on any atom is -0.507 e. The molecule has 0 radical (unpaired) electrons. The summed E-state index contributed by atoms with van der Waals surface area (Å²) in [5, 5.41) is 38.3. The van der Waals surface area contributed by atoms with Gasteiger partial charge in [0.05, 0.1) is 5.57 Å². The summed E-state index contributed by atoms with van der Waals surface area (Å²) in [4.78, 5) is 10.2. The van der Waals surface area contributed by atoms with E-state index in [0.29, 0.717) is 34.8 Å². The minimum atomic E-state index is -0.528. The summed E-state index contributed by atoms with van der Waals surface area (Å²) in [5.41, 5.74) is 10.6. The normalized spacial score (nSPS) is 19.9. The Balaban J connectivity index is 1.22. The topological polar surface area (TPSA) is 97.4 Å². The Hall–Kier alpha value is -5.88. The van der Waals surface area contributed by atoms with Gasteiger partial charge in [0.15, 0.2) is 17.7 Å². The molecule has 0 saturated carbocycles. The minimum absolute atomic E-state index is 0.0134. The van der Waals surface area contributed by atoms with Crippen molar-refractivity contribution in [2.45, 2.75) is 39.3 Å². The molecule has 0 spiro atoms. The molecule has 3 aliphatic rings. The van der Waals surface area contributed by atoms with Gasteiger partial charge in [0, 0.05) is 29.0 Å². The predicted molar refractivity (Wildman–Crippen MR) is 196 cm³/mol. The maximum Gasteiger partial charge on any atom is 0.169 e. The average molecular weight is 644 g/mol. The van der Waals surface area contributed by atoms with Crippen molar-refractivity contribution in [1.29, 1.82) is 0 Å². The van der Waals surface area contributed by atoms with Crippen molar-refractivity contribution < 1.29 is 15.3 Å². The van der Waals surface area contributed by atoms with Gasteiger partial charge in [-0.1, -0.05) is 128 Å². The number of benzene rings is 5. The summed E-state index contributed by atoms with van der Waals surface area (Å²) < 4.78 is 0. The second-order valence-corrected chi connectivity index (χ2v) is 13.1. The molecule has 49 heavy (non-hydrogen) atoms. The highest BCUT2D eigenvalue weighted by Gasteiger charge is 2.44. The third-order valence-corrected chi connectivity index (χ3v) is 10.4. The van der Waals surface area contributed by atoms with Gasteiger partial charge in [-0.2, -0.15) is 0 Å². The van der Waals surface area contributed by atoms with Crippen molar-refractivity contribution in [2.75, 3.05) is 0 Å². The molecule has 1 aliphatic heterocycles. The largest absolute Gasteiger partial charge is 0.507 e. The van der Waals surface area contributed by atoms with E-state index < -0.39 is 6.17 Å². The molecule has 2 aliphatic carbocycles. The van der Waals surface area contributed by atoms with E-state index in [-0.39, 0.29) is 29.1 Å². The smallest absolute Gasteiger partial charge is 0.169 e. The number of hydrogen-bond donors (Lipinski definition) is 4. The van der Waals surface area contributed by atoms with Crippen LogP contribution in [0.5, 0.6) is 11.5 Å². The Labute approximate surface area is 286 Å². The highest BCUT2D eigenvalue weighted by atomic mass is 16.3. The zero-order chi connectivity index (χ0) is 33.8. The first-order valence-electron chi connectivity index (χ1n) is 16.7. The van der Waals surface area contributed by atoms with E-state index >= 15 is 0 Å². The van der Waals surface area contributed by atoms with Crippen molar-refractivity contribution >= 4 is 11.7 Å². The zero-order valence-corrected chi connectivity index (χ0v) is 27.6. The van der Waals surface area contributed by atoms with Gasteiger partial charge in [-0.25, -0.2) is 9.98 Å². The number of phenols is 2. The van der Waals surface area contributed by atoms with Crippen LogP contribution in [0.15, 0.2) is 148 Å². The van der Waals surface area contributed by atoms with Gasteiger partial charge in [-0.15, -0.1) is 0 Å². The van der Waals surface area contributed by atoms with Crippen molar-refractivity contribution in [3.05, 3.63) is 166 Å². The fourth-order valence-electron chi connectivity index (χ4n) is 7.81. The number of rotatable bonds is 5. The standard InChI is InChI=1S/C43H37N3O3/c1-24-25(2)37(38(47)32-23-33-36(35(24)32)26(3)34(40(49)39(33)48)29-15-9-5-10-16-29)43-45-41(30-17-11-6-12-18-30)44-42(46-43)31-21-19-28(20-22-31)27-13-7-4-8-14-27/h4-22,24,35,42,47-49H,23H2,1-3H3,(H,44,45,46). The number of nitrogens with one attached hydrogen (secondary N) is 1. The van der Waals surface area contributed by atoms with Gasteiger partial charge in [-0.05, 0) is 58.7 Å². The fraction of sp³-hybridized carbons (Fsp3) is 0.163. The summed E-state index contributed by atoms with van der Waals surface area (Å²) in [6, 6.07) is 38.2. The van der Waals surface area contributed by atoms with Gasteiger partial charge in [0.2, 0.25) is 0 Å². The lowest BCUT2D eigenvalue weighted by Crippen LogP contribution is -2.39. The van der Waals surface area contributed by atoms with Crippen molar-refractivity contribution in [3.8, 4) is 33.8 Å². The third-order valence-electron chi connectivity index (χ3n) is 10.4. The summed E-state index contributed by atoms with van der Waals surface area (Å²) in [6.07, 6.45) is -0.195. The molecule has 3 unspecified atom stereocenters. The van der Waals surface area contributed by atoms with E-state index in [1.807, 2.05) is 85.8 Å². The van der Waals surface area contributed by atoms with Crippen LogP contribution in [0, 0.1) is 12.8 Å². The van der Waals surface area contributed by atoms with E-state index in [1.54, 1.807) is 0 Å². The summed E-state index contributed by atoms with van der Waals surface area (Å²) >= 11 is 0. The molecule has 0 amide bonds. The third kappa shape index (κ3) is 5.03. The molecule has 0 aromatic heterocycles. The van der Waals surface area contributed by atoms with Crippen LogP contribution in [0.3, 0.4) is 0 Å². The van der Waals surface area contributed by atoms with Gasteiger partial charge in [0.1, 0.15) is 17.4 Å². The van der Waals surface area contributed by atoms with Crippen LogP contribution < -0.4 is 5.32 Å². The summed E-state index contributed by atoms with van der Waals surface area (Å²) in [7, 11) is 0. The lowest BCUT2D eigenvalue weighted by molar-refractivity contribution is 0.395. The number of aliphatic imine (C=N–C) groups is 2. The molecular formula is C43H37N3O3. The average Bonchev–Trinajstić information content (AvgIpc) is 3.56. The van der Waals surface area contributed by atoms with Crippen molar-refractivity contribution in [2.24, 2.45) is 15.9 Å². The molecule has 5 aromatic carbocycles. The number of aliphatic hydroxyl groups is 1. The second kappa shape index (κ2) is 12.0. The monoisotopic (exact) mass is 643 g/mol. The van der Waals surface area contributed by atoms with E-state index in [2.05, 4.69) is 55.6 Å². The van der Waals surface area contributed by atoms with E-state index in [9.17, 15) is 15.3 Å². The molecule has 6 nitrogen and oxygen atoms in total. The summed E-state index contributed by atoms with van der Waals surface area (Å²) in [6.45, 7) is 6.23. The van der Waals surface area contributed by atoms with Crippen LogP contribution >= 0.6 is 0 Å². The Morgan fingerprint density at radius 3 is 1.82 bits per heavy atom. The number of amidine groups is 2. The Kier molecular flexibility index (Phi) is 7.44. The van der Waals surface area contributed by atoms with Crippen LogP contribution in [-0.2, 0) is 6.42 Å². The van der Waals surface area contributed by atoms with Crippen LogP contribution in [0.4, 0.5) is 0 Å². The van der Waals surface area contributed by atoms with Gasteiger partial charge < -0.3 is 20.6 Å². The molecule has 3 atom stereocenters. The van der Waals surface area contributed by atoms with E-state index in [0.717, 1.165) is 50.1 Å².